The number of pyridine rings is 1. The summed E-state index contributed by atoms with van der Waals surface area (Å²) >= 11 is 0. The molecule has 1 fully saturated rings. The van der Waals surface area contributed by atoms with Crippen LogP contribution in [0.4, 0.5) is 0 Å². The molecule has 0 bridgehead atoms. The average Bonchev–Trinajstić information content (AvgIpc) is 2.66. The van der Waals surface area contributed by atoms with Gasteiger partial charge in [0, 0.05) is 12.7 Å². The van der Waals surface area contributed by atoms with Crippen molar-refractivity contribution in [3.05, 3.63) is 29.6 Å². The van der Waals surface area contributed by atoms with Gasteiger partial charge in [0.2, 0.25) is 6.41 Å². The van der Waals surface area contributed by atoms with E-state index in [1.807, 2.05) is 24.0 Å². The summed E-state index contributed by atoms with van der Waals surface area (Å²) in [6.45, 7) is 2.91. The first kappa shape index (κ1) is 9.19. The first-order valence-corrected chi connectivity index (χ1v) is 4.95. The van der Waals surface area contributed by atoms with Gasteiger partial charge in [0.25, 0.3) is 0 Å². The summed E-state index contributed by atoms with van der Waals surface area (Å²) in [6.07, 6.45) is 4.85. The van der Waals surface area contributed by atoms with Crippen LogP contribution in [-0.2, 0) is 4.79 Å². The molecule has 1 saturated heterocycles. The minimum atomic E-state index is 0.202. The van der Waals surface area contributed by atoms with Crippen molar-refractivity contribution in [3.63, 3.8) is 0 Å². The highest BCUT2D eigenvalue weighted by Gasteiger charge is 2.26. The molecule has 1 aromatic heterocycles. The molecule has 74 valence electrons. The number of hydrogen-bond acceptors (Lipinski definition) is 2. The van der Waals surface area contributed by atoms with Crippen LogP contribution in [0, 0.1) is 6.92 Å². The molecule has 14 heavy (non-hydrogen) atoms. The monoisotopic (exact) mass is 190 g/mol. The van der Waals surface area contributed by atoms with E-state index in [9.17, 15) is 4.79 Å². The summed E-state index contributed by atoms with van der Waals surface area (Å²) in [5.41, 5.74) is 2.23. The highest BCUT2D eigenvalue weighted by molar-refractivity contribution is 5.49. The van der Waals surface area contributed by atoms with Gasteiger partial charge in [-0.05, 0) is 31.4 Å². The van der Waals surface area contributed by atoms with E-state index in [4.69, 9.17) is 0 Å². The van der Waals surface area contributed by atoms with Crippen molar-refractivity contribution in [1.82, 2.24) is 9.88 Å². The molecule has 0 spiro atoms. The molecule has 2 heterocycles. The maximum absolute atomic E-state index is 10.8. The lowest BCUT2D eigenvalue weighted by Gasteiger charge is -2.20. The second-order valence-corrected chi connectivity index (χ2v) is 3.71. The smallest absolute Gasteiger partial charge is 0.210 e. The zero-order valence-electron chi connectivity index (χ0n) is 8.31. The lowest BCUT2D eigenvalue weighted by atomic mass is 10.1. The zero-order valence-corrected chi connectivity index (χ0v) is 8.31. The van der Waals surface area contributed by atoms with E-state index in [1.54, 1.807) is 6.20 Å². The molecule has 3 heteroatoms. The summed E-state index contributed by atoms with van der Waals surface area (Å²) in [6, 6.07) is 4.18. The first-order valence-electron chi connectivity index (χ1n) is 4.95. The zero-order chi connectivity index (χ0) is 9.97. The Kier molecular flexibility index (Phi) is 2.48. The Hall–Kier alpha value is -1.38. The number of rotatable bonds is 2. The highest BCUT2D eigenvalue weighted by atomic mass is 16.1. The number of aromatic nitrogens is 1. The maximum atomic E-state index is 10.8. The third-order valence-electron chi connectivity index (χ3n) is 2.80. The standard InChI is InChI=1S/C11H14N2O/c1-9-4-2-6-12-11(9)10-5-3-7-13(10)8-14/h2,4,6,8,10H,3,5,7H2,1H3/t10-/m1/s1. The molecule has 1 atom stereocenters. The Morgan fingerprint density at radius 1 is 1.64 bits per heavy atom. The average molecular weight is 190 g/mol. The Bertz CT molecular complexity index is 338. The van der Waals surface area contributed by atoms with E-state index in [2.05, 4.69) is 4.98 Å². The van der Waals surface area contributed by atoms with Crippen LogP contribution in [0.25, 0.3) is 0 Å². The molecular weight excluding hydrogens is 176 g/mol. The molecule has 1 aliphatic heterocycles. The summed E-state index contributed by atoms with van der Waals surface area (Å²) < 4.78 is 0. The topological polar surface area (TPSA) is 33.2 Å². The molecule has 1 aliphatic rings. The van der Waals surface area contributed by atoms with E-state index in [0.717, 1.165) is 31.5 Å². The molecule has 1 aromatic rings. The van der Waals surface area contributed by atoms with Crippen LogP contribution in [0.2, 0.25) is 0 Å². The summed E-state index contributed by atoms with van der Waals surface area (Å²) in [5, 5.41) is 0. The van der Waals surface area contributed by atoms with Crippen LogP contribution >= 0.6 is 0 Å². The minimum absolute atomic E-state index is 0.202. The van der Waals surface area contributed by atoms with Crippen LogP contribution in [0.15, 0.2) is 18.3 Å². The van der Waals surface area contributed by atoms with Crippen molar-refractivity contribution in [2.24, 2.45) is 0 Å². The summed E-state index contributed by atoms with van der Waals surface area (Å²) in [5.74, 6) is 0. The largest absolute Gasteiger partial charge is 0.337 e. The molecule has 0 radical (unpaired) electrons. The number of nitrogens with zero attached hydrogens (tertiary/aromatic N) is 2. The van der Waals surface area contributed by atoms with Crippen LogP contribution in [0.1, 0.15) is 30.1 Å². The van der Waals surface area contributed by atoms with Gasteiger partial charge < -0.3 is 4.90 Å². The molecule has 2 rings (SSSR count). The Labute approximate surface area is 83.8 Å². The van der Waals surface area contributed by atoms with Crippen molar-refractivity contribution < 1.29 is 4.79 Å². The van der Waals surface area contributed by atoms with E-state index in [1.165, 1.54) is 5.56 Å². The summed E-state index contributed by atoms with van der Waals surface area (Å²) in [7, 11) is 0. The second-order valence-electron chi connectivity index (χ2n) is 3.71. The molecule has 3 nitrogen and oxygen atoms in total. The third-order valence-corrected chi connectivity index (χ3v) is 2.80. The van der Waals surface area contributed by atoms with Gasteiger partial charge in [-0.25, -0.2) is 0 Å². The fourth-order valence-electron chi connectivity index (χ4n) is 2.06. The molecule has 0 N–H and O–H groups in total. The normalized spacial score (nSPS) is 21.2. The van der Waals surface area contributed by atoms with Crippen molar-refractivity contribution in [2.45, 2.75) is 25.8 Å². The third kappa shape index (κ3) is 1.50. The highest BCUT2D eigenvalue weighted by Crippen LogP contribution is 2.30. The van der Waals surface area contributed by atoms with Gasteiger partial charge in [-0.3, -0.25) is 9.78 Å². The van der Waals surface area contributed by atoms with Crippen molar-refractivity contribution >= 4 is 6.41 Å². The number of carbonyl (C=O) groups is 1. The van der Waals surface area contributed by atoms with E-state index in [-0.39, 0.29) is 6.04 Å². The lowest BCUT2D eigenvalue weighted by molar-refractivity contribution is -0.119. The number of aryl methyl sites for hydroxylation is 1. The van der Waals surface area contributed by atoms with Gasteiger partial charge in [-0.1, -0.05) is 6.07 Å². The molecule has 0 aliphatic carbocycles. The van der Waals surface area contributed by atoms with Gasteiger partial charge in [-0.2, -0.15) is 0 Å². The second kappa shape index (κ2) is 3.78. The molecule has 1 amide bonds. The number of hydrogen-bond donors (Lipinski definition) is 0. The SMILES string of the molecule is Cc1cccnc1[C@H]1CCCN1C=O. The quantitative estimate of drug-likeness (QED) is 0.665. The predicted molar refractivity (Wildman–Crippen MR) is 53.7 cm³/mol. The van der Waals surface area contributed by atoms with Gasteiger partial charge in [0.05, 0.1) is 11.7 Å². The molecule has 0 unspecified atom stereocenters. The summed E-state index contributed by atoms with van der Waals surface area (Å²) in [4.78, 5) is 17.0. The van der Waals surface area contributed by atoms with E-state index < -0.39 is 0 Å². The number of amides is 1. The van der Waals surface area contributed by atoms with Gasteiger partial charge in [0.1, 0.15) is 0 Å². The lowest BCUT2D eigenvalue weighted by Crippen LogP contribution is -2.22. The molecule has 0 aromatic carbocycles. The fraction of sp³-hybridized carbons (Fsp3) is 0.455. The van der Waals surface area contributed by atoms with Crippen molar-refractivity contribution in [2.75, 3.05) is 6.54 Å². The predicted octanol–water partition coefficient (Wildman–Crippen LogP) is 1.68. The van der Waals surface area contributed by atoms with Crippen molar-refractivity contribution in [3.8, 4) is 0 Å². The van der Waals surface area contributed by atoms with Crippen LogP contribution in [0.5, 0.6) is 0 Å². The Balaban J connectivity index is 2.30. The molecule has 0 saturated carbocycles. The number of likely N-dealkylation sites (tertiary alicyclic amines) is 1. The Morgan fingerprint density at radius 3 is 3.21 bits per heavy atom. The van der Waals surface area contributed by atoms with Gasteiger partial charge in [-0.15, -0.1) is 0 Å². The first-order chi connectivity index (χ1) is 6.83. The number of carbonyl (C=O) groups excluding carboxylic acids is 1. The van der Waals surface area contributed by atoms with E-state index >= 15 is 0 Å². The maximum Gasteiger partial charge on any atom is 0.210 e. The van der Waals surface area contributed by atoms with Crippen LogP contribution < -0.4 is 0 Å². The Morgan fingerprint density at radius 2 is 2.50 bits per heavy atom. The van der Waals surface area contributed by atoms with Crippen LogP contribution in [-0.4, -0.2) is 22.8 Å². The van der Waals surface area contributed by atoms with Gasteiger partial charge in [0.15, 0.2) is 0 Å². The van der Waals surface area contributed by atoms with E-state index in [0.29, 0.717) is 0 Å². The fourth-order valence-corrected chi connectivity index (χ4v) is 2.06. The van der Waals surface area contributed by atoms with Crippen molar-refractivity contribution in [1.29, 1.82) is 0 Å². The minimum Gasteiger partial charge on any atom is -0.337 e. The van der Waals surface area contributed by atoms with Crippen LogP contribution in [0.3, 0.4) is 0 Å². The van der Waals surface area contributed by atoms with Gasteiger partial charge >= 0.3 is 0 Å². The molecular formula is C11H14N2O.